The van der Waals surface area contributed by atoms with Gasteiger partial charge in [0.25, 0.3) is 0 Å². The van der Waals surface area contributed by atoms with Crippen LogP contribution in [-0.2, 0) is 6.54 Å². The van der Waals surface area contributed by atoms with E-state index < -0.39 is 0 Å². The highest BCUT2D eigenvalue weighted by atomic mass is 16.5. The van der Waals surface area contributed by atoms with E-state index in [4.69, 9.17) is 15.2 Å². The van der Waals surface area contributed by atoms with Crippen molar-refractivity contribution in [2.45, 2.75) is 20.4 Å². The minimum absolute atomic E-state index is 0.117. The zero-order valence-corrected chi connectivity index (χ0v) is 9.33. The zero-order valence-electron chi connectivity index (χ0n) is 9.33. The van der Waals surface area contributed by atoms with Crippen molar-refractivity contribution in [3.8, 4) is 17.2 Å². The highest BCUT2D eigenvalue weighted by molar-refractivity contribution is 5.58. The summed E-state index contributed by atoms with van der Waals surface area (Å²) in [6, 6.07) is 1.80. The lowest BCUT2D eigenvalue weighted by Crippen LogP contribution is -2.04. The van der Waals surface area contributed by atoms with E-state index in [0.717, 1.165) is 11.1 Å². The second kappa shape index (κ2) is 4.89. The van der Waals surface area contributed by atoms with Crippen LogP contribution in [0.15, 0.2) is 6.07 Å². The summed E-state index contributed by atoms with van der Waals surface area (Å²) in [5, 5.41) is 9.81. The molecule has 0 aromatic heterocycles. The first-order valence-corrected chi connectivity index (χ1v) is 4.88. The molecule has 0 amide bonds. The Labute approximate surface area is 89.6 Å². The normalized spacial score (nSPS) is 10.1. The van der Waals surface area contributed by atoms with Crippen LogP contribution in [0.5, 0.6) is 17.2 Å². The standard InChI is InChI=1S/C11H17NO3/c1-4-15-11-9(13)7(2)5-8(6-12)10(11)14-3/h5,13H,4,6,12H2,1-3H3. The topological polar surface area (TPSA) is 64.7 Å². The molecule has 0 fully saturated rings. The molecule has 0 saturated carbocycles. The van der Waals surface area contributed by atoms with Crippen LogP contribution in [0, 0.1) is 6.92 Å². The number of phenolic OH excluding ortho intramolecular Hbond substituents is 1. The van der Waals surface area contributed by atoms with Crippen molar-refractivity contribution < 1.29 is 14.6 Å². The summed E-state index contributed by atoms with van der Waals surface area (Å²) >= 11 is 0. The van der Waals surface area contributed by atoms with E-state index in [1.54, 1.807) is 13.0 Å². The molecule has 0 bridgehead atoms. The number of hydrogen-bond acceptors (Lipinski definition) is 4. The molecular weight excluding hydrogens is 194 g/mol. The van der Waals surface area contributed by atoms with Gasteiger partial charge >= 0.3 is 0 Å². The van der Waals surface area contributed by atoms with Crippen molar-refractivity contribution >= 4 is 0 Å². The summed E-state index contributed by atoms with van der Waals surface area (Å²) in [7, 11) is 1.53. The fraction of sp³-hybridized carbons (Fsp3) is 0.455. The number of aromatic hydroxyl groups is 1. The molecule has 1 aromatic carbocycles. The van der Waals surface area contributed by atoms with Gasteiger partial charge in [-0.1, -0.05) is 0 Å². The number of methoxy groups -OCH3 is 1. The first-order valence-electron chi connectivity index (χ1n) is 4.88. The minimum atomic E-state index is 0.117. The fourth-order valence-corrected chi connectivity index (χ4v) is 1.48. The Hall–Kier alpha value is -1.42. The maximum absolute atomic E-state index is 9.81. The minimum Gasteiger partial charge on any atom is -0.504 e. The summed E-state index contributed by atoms with van der Waals surface area (Å²) in [5.74, 6) is 1.01. The van der Waals surface area contributed by atoms with E-state index in [2.05, 4.69) is 0 Å². The van der Waals surface area contributed by atoms with E-state index in [1.165, 1.54) is 7.11 Å². The van der Waals surface area contributed by atoms with Gasteiger partial charge in [-0.25, -0.2) is 0 Å². The Morgan fingerprint density at radius 3 is 2.53 bits per heavy atom. The molecule has 0 aliphatic carbocycles. The number of rotatable bonds is 4. The van der Waals surface area contributed by atoms with E-state index in [-0.39, 0.29) is 5.75 Å². The number of ether oxygens (including phenoxy) is 2. The third-order valence-electron chi connectivity index (χ3n) is 2.19. The van der Waals surface area contributed by atoms with Crippen LogP contribution in [0.1, 0.15) is 18.1 Å². The van der Waals surface area contributed by atoms with Crippen LogP contribution >= 0.6 is 0 Å². The molecule has 0 aliphatic rings. The summed E-state index contributed by atoms with van der Waals surface area (Å²) in [4.78, 5) is 0. The third kappa shape index (κ3) is 2.15. The first-order chi connectivity index (χ1) is 7.15. The van der Waals surface area contributed by atoms with Gasteiger partial charge in [-0.15, -0.1) is 0 Å². The lowest BCUT2D eigenvalue weighted by Gasteiger charge is -2.16. The molecule has 4 heteroatoms. The summed E-state index contributed by atoms with van der Waals surface area (Å²) in [6.45, 7) is 4.47. The predicted octanol–water partition coefficient (Wildman–Crippen LogP) is 1.57. The lowest BCUT2D eigenvalue weighted by molar-refractivity contribution is 0.291. The number of phenols is 1. The number of aryl methyl sites for hydroxylation is 1. The maximum Gasteiger partial charge on any atom is 0.203 e. The number of nitrogens with two attached hydrogens (primary N) is 1. The van der Waals surface area contributed by atoms with Gasteiger partial charge < -0.3 is 20.3 Å². The second-order valence-corrected chi connectivity index (χ2v) is 3.20. The second-order valence-electron chi connectivity index (χ2n) is 3.20. The maximum atomic E-state index is 9.81. The van der Waals surface area contributed by atoms with Crippen LogP contribution in [0.25, 0.3) is 0 Å². The Bertz CT molecular complexity index is 350. The third-order valence-corrected chi connectivity index (χ3v) is 2.19. The van der Waals surface area contributed by atoms with Gasteiger partial charge in [-0.05, 0) is 25.5 Å². The molecular formula is C11H17NO3. The SMILES string of the molecule is CCOc1c(O)c(C)cc(CN)c1OC. The predicted molar refractivity (Wildman–Crippen MR) is 58.5 cm³/mol. The molecule has 3 N–H and O–H groups in total. The van der Waals surface area contributed by atoms with Crippen LogP contribution in [0.2, 0.25) is 0 Å². The number of benzene rings is 1. The van der Waals surface area contributed by atoms with Crippen LogP contribution in [0.3, 0.4) is 0 Å². The van der Waals surface area contributed by atoms with E-state index in [0.29, 0.717) is 24.7 Å². The average Bonchev–Trinajstić information content (AvgIpc) is 2.24. The Morgan fingerprint density at radius 1 is 1.40 bits per heavy atom. The largest absolute Gasteiger partial charge is 0.504 e. The van der Waals surface area contributed by atoms with E-state index >= 15 is 0 Å². The smallest absolute Gasteiger partial charge is 0.203 e. The monoisotopic (exact) mass is 211 g/mol. The van der Waals surface area contributed by atoms with E-state index in [9.17, 15) is 5.11 Å². The molecule has 0 spiro atoms. The highest BCUT2D eigenvalue weighted by Crippen LogP contribution is 2.41. The molecule has 0 atom stereocenters. The molecule has 0 heterocycles. The van der Waals surface area contributed by atoms with Gasteiger partial charge in [0.1, 0.15) is 0 Å². The number of hydrogen-bond donors (Lipinski definition) is 2. The Morgan fingerprint density at radius 2 is 2.07 bits per heavy atom. The summed E-state index contributed by atoms with van der Waals surface area (Å²) in [5.41, 5.74) is 7.16. The molecule has 0 saturated heterocycles. The molecule has 1 rings (SSSR count). The molecule has 0 radical (unpaired) electrons. The van der Waals surface area contributed by atoms with Crippen molar-refractivity contribution in [2.24, 2.45) is 5.73 Å². The Kier molecular flexibility index (Phi) is 3.80. The molecule has 15 heavy (non-hydrogen) atoms. The van der Waals surface area contributed by atoms with Crippen LogP contribution < -0.4 is 15.2 Å². The first kappa shape index (κ1) is 11.7. The van der Waals surface area contributed by atoms with Crippen molar-refractivity contribution in [3.63, 3.8) is 0 Å². The quantitative estimate of drug-likeness (QED) is 0.793. The summed E-state index contributed by atoms with van der Waals surface area (Å²) < 4.78 is 10.5. The fourth-order valence-electron chi connectivity index (χ4n) is 1.48. The van der Waals surface area contributed by atoms with Gasteiger partial charge in [0.2, 0.25) is 5.75 Å². The molecule has 1 aromatic rings. The summed E-state index contributed by atoms with van der Waals surface area (Å²) in [6.07, 6.45) is 0. The van der Waals surface area contributed by atoms with Crippen LogP contribution in [0.4, 0.5) is 0 Å². The average molecular weight is 211 g/mol. The molecule has 0 aliphatic heterocycles. The van der Waals surface area contributed by atoms with Gasteiger partial charge in [0.15, 0.2) is 11.5 Å². The van der Waals surface area contributed by atoms with E-state index in [1.807, 2.05) is 6.92 Å². The Balaban J connectivity index is 3.35. The highest BCUT2D eigenvalue weighted by Gasteiger charge is 2.16. The molecule has 84 valence electrons. The lowest BCUT2D eigenvalue weighted by atomic mass is 10.1. The van der Waals surface area contributed by atoms with Crippen molar-refractivity contribution in [3.05, 3.63) is 17.2 Å². The van der Waals surface area contributed by atoms with Gasteiger partial charge in [-0.3, -0.25) is 0 Å². The zero-order chi connectivity index (χ0) is 11.4. The van der Waals surface area contributed by atoms with Crippen molar-refractivity contribution in [1.82, 2.24) is 0 Å². The van der Waals surface area contributed by atoms with Crippen LogP contribution in [-0.4, -0.2) is 18.8 Å². The van der Waals surface area contributed by atoms with Gasteiger partial charge in [-0.2, -0.15) is 0 Å². The van der Waals surface area contributed by atoms with Gasteiger partial charge in [0.05, 0.1) is 13.7 Å². The molecule has 0 unspecified atom stereocenters. The van der Waals surface area contributed by atoms with Crippen molar-refractivity contribution in [1.29, 1.82) is 0 Å². The van der Waals surface area contributed by atoms with Gasteiger partial charge in [0, 0.05) is 12.1 Å². The van der Waals surface area contributed by atoms with Crippen molar-refractivity contribution in [2.75, 3.05) is 13.7 Å². The molecule has 4 nitrogen and oxygen atoms in total.